The van der Waals surface area contributed by atoms with Gasteiger partial charge in [0.15, 0.2) is 9.34 Å². The van der Waals surface area contributed by atoms with Crippen molar-refractivity contribution in [2.24, 2.45) is 5.92 Å². The van der Waals surface area contributed by atoms with Crippen LogP contribution in [0.3, 0.4) is 0 Å². The summed E-state index contributed by atoms with van der Waals surface area (Å²) in [4.78, 5) is 31.0. The summed E-state index contributed by atoms with van der Waals surface area (Å²) in [5, 5.41) is 12.5. The van der Waals surface area contributed by atoms with Crippen molar-refractivity contribution in [3.8, 4) is 0 Å². The van der Waals surface area contributed by atoms with Gasteiger partial charge in [-0.3, -0.25) is 10.1 Å². The number of urea groups is 1. The predicted octanol–water partition coefficient (Wildman–Crippen LogP) is 4.13. The molecule has 2 amide bonds. The highest BCUT2D eigenvalue weighted by molar-refractivity contribution is 7.91. The number of hydrogen-bond donors (Lipinski definition) is 2. The average molecular weight is 499 g/mol. The molecule has 1 saturated heterocycles. The van der Waals surface area contributed by atoms with Crippen LogP contribution in [0.2, 0.25) is 0 Å². The third kappa shape index (κ3) is 5.35. The molecule has 3 fully saturated rings. The van der Waals surface area contributed by atoms with Gasteiger partial charge in [-0.2, -0.15) is 4.31 Å². The number of nitrogens with one attached hydrogen (secondary N) is 1. The molecule has 1 aromatic heterocycles. The highest BCUT2D eigenvalue weighted by Crippen LogP contribution is 2.34. The van der Waals surface area contributed by atoms with Crippen molar-refractivity contribution in [1.82, 2.24) is 14.2 Å². The number of rotatable bonds is 6. The summed E-state index contributed by atoms with van der Waals surface area (Å²) in [6.07, 6.45) is 11.7. The zero-order valence-electron chi connectivity index (χ0n) is 19.1. The largest absolute Gasteiger partial charge is 0.480 e. The van der Waals surface area contributed by atoms with Crippen LogP contribution < -0.4 is 5.32 Å². The minimum Gasteiger partial charge on any atom is -0.480 e. The topological polar surface area (TPSA) is 120 Å². The summed E-state index contributed by atoms with van der Waals surface area (Å²) in [5.74, 6) is -0.455. The number of aromatic nitrogens is 1. The molecule has 11 heteroatoms. The second-order valence-corrected chi connectivity index (χ2v) is 12.8. The van der Waals surface area contributed by atoms with Crippen molar-refractivity contribution in [1.29, 1.82) is 0 Å². The van der Waals surface area contributed by atoms with E-state index < -0.39 is 22.0 Å². The molecule has 2 N–H and O–H groups in total. The van der Waals surface area contributed by atoms with Gasteiger partial charge in [-0.15, -0.1) is 0 Å². The summed E-state index contributed by atoms with van der Waals surface area (Å²) in [5.41, 5.74) is 0. The molecular formula is C22H34N4O5S2. The van der Waals surface area contributed by atoms with Gasteiger partial charge >= 0.3 is 12.0 Å². The Morgan fingerprint density at radius 1 is 1.06 bits per heavy atom. The van der Waals surface area contributed by atoms with E-state index in [9.17, 15) is 23.1 Å². The number of aliphatic carboxylic acids is 1. The molecule has 2 heterocycles. The maximum Gasteiger partial charge on any atom is 0.324 e. The Morgan fingerprint density at radius 3 is 2.39 bits per heavy atom. The van der Waals surface area contributed by atoms with Gasteiger partial charge in [-0.05, 0) is 57.3 Å². The fraction of sp³-hybridized carbons (Fsp3) is 0.773. The normalized spacial score (nSPS) is 27.4. The van der Waals surface area contributed by atoms with Crippen molar-refractivity contribution in [3.63, 3.8) is 0 Å². The Morgan fingerprint density at radius 2 is 1.73 bits per heavy atom. The number of hydrogen-bond acceptors (Lipinski definition) is 6. The third-order valence-corrected chi connectivity index (χ3v) is 10.6. The van der Waals surface area contributed by atoms with E-state index in [1.807, 2.05) is 4.90 Å². The molecule has 9 nitrogen and oxygen atoms in total. The number of amides is 2. The molecule has 0 spiro atoms. The first-order valence-corrected chi connectivity index (χ1v) is 14.3. The molecular weight excluding hydrogens is 464 g/mol. The summed E-state index contributed by atoms with van der Waals surface area (Å²) < 4.78 is 27.0. The lowest BCUT2D eigenvalue weighted by Crippen LogP contribution is -2.51. The summed E-state index contributed by atoms with van der Waals surface area (Å²) in [7, 11) is -3.97. The van der Waals surface area contributed by atoms with Gasteiger partial charge in [0.1, 0.15) is 6.04 Å². The lowest BCUT2D eigenvalue weighted by atomic mass is 9.84. The summed E-state index contributed by atoms with van der Waals surface area (Å²) in [6.45, 7) is 2.43. The van der Waals surface area contributed by atoms with Crippen LogP contribution in [0.5, 0.6) is 0 Å². The van der Waals surface area contributed by atoms with Crippen molar-refractivity contribution in [2.75, 3.05) is 11.9 Å². The number of thiazole rings is 1. The Kier molecular flexibility index (Phi) is 7.59. The molecule has 1 atom stereocenters. The lowest BCUT2D eigenvalue weighted by molar-refractivity contribution is -0.140. The number of nitrogens with zero attached hydrogens (tertiary/aromatic N) is 3. The van der Waals surface area contributed by atoms with Crippen molar-refractivity contribution in [3.05, 3.63) is 6.20 Å². The fourth-order valence-electron chi connectivity index (χ4n) is 5.49. The third-order valence-electron chi connectivity index (χ3n) is 7.33. The Labute approximate surface area is 199 Å². The van der Waals surface area contributed by atoms with Crippen LogP contribution >= 0.6 is 11.3 Å². The number of carboxylic acids is 1. The molecule has 3 aliphatic rings. The molecule has 0 radical (unpaired) electrons. The molecule has 33 heavy (non-hydrogen) atoms. The number of carboxylic acid groups (broad SMARTS) is 1. The van der Waals surface area contributed by atoms with Crippen molar-refractivity contribution < 1.29 is 23.1 Å². The zero-order chi connectivity index (χ0) is 23.6. The lowest BCUT2D eigenvalue weighted by Gasteiger charge is -2.42. The number of carbonyl (C=O) groups is 2. The van der Waals surface area contributed by atoms with Gasteiger partial charge in [0.05, 0.1) is 6.20 Å². The Bertz CT molecular complexity index is 952. The molecule has 1 aromatic rings. The van der Waals surface area contributed by atoms with E-state index in [0.29, 0.717) is 18.8 Å². The molecule has 1 aliphatic heterocycles. The molecule has 184 valence electrons. The van der Waals surface area contributed by atoms with E-state index in [4.69, 9.17) is 0 Å². The summed E-state index contributed by atoms with van der Waals surface area (Å²) >= 11 is 0.888. The van der Waals surface area contributed by atoms with Gasteiger partial charge in [-0.25, -0.2) is 18.2 Å². The van der Waals surface area contributed by atoms with Crippen LogP contribution in [0.1, 0.15) is 77.6 Å². The average Bonchev–Trinajstić information content (AvgIpc) is 3.47. The molecule has 2 aliphatic carbocycles. The molecule has 0 aromatic carbocycles. The van der Waals surface area contributed by atoms with Crippen LogP contribution in [0, 0.1) is 5.92 Å². The van der Waals surface area contributed by atoms with Crippen molar-refractivity contribution >= 4 is 38.5 Å². The van der Waals surface area contributed by atoms with Gasteiger partial charge < -0.3 is 10.0 Å². The molecule has 4 rings (SSSR count). The Hall–Kier alpha value is -1.72. The highest BCUT2D eigenvalue weighted by Gasteiger charge is 2.41. The van der Waals surface area contributed by atoms with E-state index in [0.717, 1.165) is 67.0 Å². The maximum atomic E-state index is 13.4. The number of anilines is 1. The van der Waals surface area contributed by atoms with Crippen LogP contribution in [0.15, 0.2) is 10.4 Å². The smallest absolute Gasteiger partial charge is 0.324 e. The molecule has 2 saturated carbocycles. The van der Waals surface area contributed by atoms with Crippen LogP contribution in [0.4, 0.5) is 9.93 Å². The van der Waals surface area contributed by atoms with Crippen LogP contribution in [-0.4, -0.2) is 64.4 Å². The molecule has 0 unspecified atom stereocenters. The van der Waals surface area contributed by atoms with Gasteiger partial charge in [0, 0.05) is 18.6 Å². The first kappa shape index (κ1) is 24.4. The second kappa shape index (κ2) is 10.3. The van der Waals surface area contributed by atoms with E-state index in [-0.39, 0.29) is 34.0 Å². The van der Waals surface area contributed by atoms with Gasteiger partial charge in [-0.1, -0.05) is 37.5 Å². The van der Waals surface area contributed by atoms with E-state index >= 15 is 0 Å². The fourth-order valence-corrected chi connectivity index (χ4v) is 8.29. The Balaban J connectivity index is 1.49. The van der Waals surface area contributed by atoms with Crippen molar-refractivity contribution in [2.45, 2.75) is 99.9 Å². The standard InChI is InChI=1S/C22H34N4O5S2/c1-15-9-11-17(12-10-15)26(16-6-3-2-4-7-16)22(29)24-21-23-14-19(32-21)33(30,31)25-13-5-8-18(25)20(27)28/h14-18H,2-13H2,1H3,(H,27,28)(H,23,24,29)/t15?,17?,18-/m0/s1. The van der Waals surface area contributed by atoms with E-state index in [1.165, 1.54) is 12.6 Å². The quantitative estimate of drug-likeness (QED) is 0.609. The molecule has 0 bridgehead atoms. The number of sulfonamides is 1. The SMILES string of the molecule is CC1CCC(N(C(=O)Nc2ncc(S(=O)(=O)N3CCC[C@H]3C(=O)O)s2)C2CCCCC2)CC1. The first-order valence-electron chi connectivity index (χ1n) is 12.1. The highest BCUT2D eigenvalue weighted by atomic mass is 32.2. The predicted molar refractivity (Wildman–Crippen MR) is 126 cm³/mol. The van der Waals surface area contributed by atoms with Gasteiger partial charge in [0.2, 0.25) is 0 Å². The number of carbonyl (C=O) groups excluding carboxylic acids is 1. The van der Waals surface area contributed by atoms with E-state index in [1.54, 1.807) is 0 Å². The zero-order valence-corrected chi connectivity index (χ0v) is 20.7. The maximum absolute atomic E-state index is 13.4. The van der Waals surface area contributed by atoms with E-state index in [2.05, 4.69) is 17.2 Å². The minimum atomic E-state index is -3.97. The minimum absolute atomic E-state index is 0.0401. The monoisotopic (exact) mass is 498 g/mol. The summed E-state index contributed by atoms with van der Waals surface area (Å²) in [6, 6.07) is -0.843. The first-order chi connectivity index (χ1) is 15.8. The van der Waals surface area contributed by atoms with Gasteiger partial charge in [0.25, 0.3) is 10.0 Å². The second-order valence-electron chi connectivity index (χ2n) is 9.64. The van der Waals surface area contributed by atoms with Crippen LogP contribution in [-0.2, 0) is 14.8 Å². The van der Waals surface area contributed by atoms with Crippen LogP contribution in [0.25, 0.3) is 0 Å².